The molecule has 2 rings (SSSR count). The number of aromatic nitrogens is 1. The van der Waals surface area contributed by atoms with Gasteiger partial charge in [0, 0.05) is 19.9 Å². The highest BCUT2D eigenvalue weighted by atomic mass is 16.3. The van der Waals surface area contributed by atoms with E-state index < -0.39 is 0 Å². The highest BCUT2D eigenvalue weighted by Crippen LogP contribution is 2.17. The molecule has 0 spiro atoms. The maximum Gasteiger partial charge on any atom is 0.192 e. The molecule has 1 aromatic heterocycles. The van der Waals surface area contributed by atoms with Gasteiger partial charge in [0.15, 0.2) is 11.5 Å². The average Bonchev–Trinajstić information content (AvgIpc) is 2.69. The van der Waals surface area contributed by atoms with Gasteiger partial charge < -0.3 is 9.32 Å². The summed E-state index contributed by atoms with van der Waals surface area (Å²) in [6, 6.07) is 8.27. The van der Waals surface area contributed by atoms with Crippen molar-refractivity contribution in [3.63, 3.8) is 0 Å². The standard InChI is InChI=1S/C14H17N3O/c1-11-16-13-6-5-12(9-14(13)18-11)10-17(2)8-4-3-7-15/h5-6,9H,3-4,8,10H2,1-2H3. The van der Waals surface area contributed by atoms with E-state index in [1.165, 1.54) is 5.56 Å². The summed E-state index contributed by atoms with van der Waals surface area (Å²) < 4.78 is 5.52. The van der Waals surface area contributed by atoms with Gasteiger partial charge in [-0.1, -0.05) is 6.07 Å². The van der Waals surface area contributed by atoms with Gasteiger partial charge in [-0.3, -0.25) is 0 Å². The Morgan fingerprint density at radius 2 is 2.28 bits per heavy atom. The van der Waals surface area contributed by atoms with Crippen LogP contribution in [0.25, 0.3) is 11.1 Å². The Balaban J connectivity index is 2.00. The Labute approximate surface area is 107 Å². The number of benzene rings is 1. The van der Waals surface area contributed by atoms with Crippen molar-refractivity contribution in [3.05, 3.63) is 29.7 Å². The summed E-state index contributed by atoms with van der Waals surface area (Å²) in [5, 5.41) is 8.50. The second-order valence-electron chi connectivity index (χ2n) is 4.53. The molecule has 94 valence electrons. The number of rotatable bonds is 5. The van der Waals surface area contributed by atoms with E-state index in [0.717, 1.165) is 30.6 Å². The Morgan fingerprint density at radius 3 is 3.06 bits per heavy atom. The Hall–Kier alpha value is -1.86. The largest absolute Gasteiger partial charge is 0.441 e. The lowest BCUT2D eigenvalue weighted by Gasteiger charge is -2.15. The van der Waals surface area contributed by atoms with E-state index in [-0.39, 0.29) is 0 Å². The molecule has 4 nitrogen and oxygen atoms in total. The first-order valence-electron chi connectivity index (χ1n) is 6.10. The zero-order valence-electron chi connectivity index (χ0n) is 10.8. The van der Waals surface area contributed by atoms with Crippen molar-refractivity contribution >= 4 is 11.1 Å². The van der Waals surface area contributed by atoms with E-state index in [4.69, 9.17) is 9.68 Å². The predicted octanol–water partition coefficient (Wildman–Crippen LogP) is 2.87. The molecule has 2 aromatic rings. The molecule has 18 heavy (non-hydrogen) atoms. The fourth-order valence-corrected chi connectivity index (χ4v) is 2.00. The summed E-state index contributed by atoms with van der Waals surface area (Å²) in [5.41, 5.74) is 2.96. The highest BCUT2D eigenvalue weighted by molar-refractivity contribution is 5.73. The van der Waals surface area contributed by atoms with E-state index in [0.29, 0.717) is 12.3 Å². The van der Waals surface area contributed by atoms with Crippen LogP contribution in [0.3, 0.4) is 0 Å². The number of aryl methyl sites for hydroxylation is 1. The maximum absolute atomic E-state index is 8.50. The lowest BCUT2D eigenvalue weighted by Crippen LogP contribution is -2.18. The molecule has 0 bridgehead atoms. The molecule has 1 aromatic carbocycles. The first-order chi connectivity index (χ1) is 8.69. The van der Waals surface area contributed by atoms with E-state index in [1.807, 2.05) is 19.1 Å². The van der Waals surface area contributed by atoms with Gasteiger partial charge in [-0.25, -0.2) is 4.98 Å². The second kappa shape index (κ2) is 5.65. The minimum Gasteiger partial charge on any atom is -0.441 e. The van der Waals surface area contributed by atoms with Gasteiger partial charge in [0.1, 0.15) is 5.52 Å². The van der Waals surface area contributed by atoms with Crippen LogP contribution < -0.4 is 0 Å². The lowest BCUT2D eigenvalue weighted by molar-refractivity contribution is 0.323. The monoisotopic (exact) mass is 243 g/mol. The van der Waals surface area contributed by atoms with Crippen LogP contribution >= 0.6 is 0 Å². The van der Waals surface area contributed by atoms with Gasteiger partial charge in [-0.2, -0.15) is 5.26 Å². The van der Waals surface area contributed by atoms with Gasteiger partial charge in [-0.05, 0) is 37.7 Å². The van der Waals surface area contributed by atoms with Gasteiger partial charge >= 0.3 is 0 Å². The Kier molecular flexibility index (Phi) is 3.96. The topological polar surface area (TPSA) is 53.1 Å². The van der Waals surface area contributed by atoms with E-state index >= 15 is 0 Å². The molecule has 0 aliphatic rings. The molecule has 0 aliphatic heterocycles. The predicted molar refractivity (Wildman–Crippen MR) is 69.9 cm³/mol. The van der Waals surface area contributed by atoms with Gasteiger partial charge in [0.2, 0.25) is 0 Å². The van der Waals surface area contributed by atoms with Crippen molar-refractivity contribution in [1.29, 1.82) is 5.26 Å². The Bertz CT molecular complexity index is 568. The van der Waals surface area contributed by atoms with Crippen molar-refractivity contribution in [2.45, 2.75) is 26.3 Å². The van der Waals surface area contributed by atoms with Crippen molar-refractivity contribution in [3.8, 4) is 6.07 Å². The number of nitrogens with zero attached hydrogens (tertiary/aromatic N) is 3. The molecule has 0 radical (unpaired) electrons. The number of unbranched alkanes of at least 4 members (excludes halogenated alkanes) is 1. The Morgan fingerprint density at radius 1 is 1.44 bits per heavy atom. The third-order valence-electron chi connectivity index (χ3n) is 2.84. The molecule has 0 N–H and O–H groups in total. The molecule has 0 aliphatic carbocycles. The quantitative estimate of drug-likeness (QED) is 0.758. The highest BCUT2D eigenvalue weighted by Gasteiger charge is 2.05. The summed E-state index contributed by atoms with van der Waals surface area (Å²) in [6.07, 6.45) is 1.53. The zero-order chi connectivity index (χ0) is 13.0. The summed E-state index contributed by atoms with van der Waals surface area (Å²) in [6.45, 7) is 3.65. The van der Waals surface area contributed by atoms with Crippen LogP contribution in [-0.2, 0) is 6.54 Å². The number of hydrogen-bond donors (Lipinski definition) is 0. The number of nitriles is 1. The lowest BCUT2D eigenvalue weighted by atomic mass is 10.2. The van der Waals surface area contributed by atoms with Crippen molar-refractivity contribution in [1.82, 2.24) is 9.88 Å². The minimum atomic E-state index is 0.616. The molecular weight excluding hydrogens is 226 g/mol. The number of oxazole rings is 1. The molecule has 0 saturated carbocycles. The van der Waals surface area contributed by atoms with Crippen LogP contribution in [0.2, 0.25) is 0 Å². The van der Waals surface area contributed by atoms with Crippen LogP contribution in [0.1, 0.15) is 24.3 Å². The summed E-state index contributed by atoms with van der Waals surface area (Å²) >= 11 is 0. The van der Waals surface area contributed by atoms with Crippen molar-refractivity contribution in [2.24, 2.45) is 0 Å². The van der Waals surface area contributed by atoms with Crippen molar-refractivity contribution < 1.29 is 4.42 Å². The first kappa shape index (κ1) is 12.6. The molecule has 0 atom stereocenters. The summed E-state index contributed by atoms with van der Waals surface area (Å²) in [4.78, 5) is 6.49. The SMILES string of the molecule is Cc1nc2ccc(CN(C)CCCC#N)cc2o1. The maximum atomic E-state index is 8.50. The number of fused-ring (bicyclic) bond motifs is 1. The second-order valence-corrected chi connectivity index (χ2v) is 4.53. The van der Waals surface area contributed by atoms with Crippen molar-refractivity contribution in [2.75, 3.05) is 13.6 Å². The first-order valence-corrected chi connectivity index (χ1v) is 6.10. The van der Waals surface area contributed by atoms with Gasteiger partial charge in [0.25, 0.3) is 0 Å². The van der Waals surface area contributed by atoms with E-state index in [1.54, 1.807) is 0 Å². The van der Waals surface area contributed by atoms with Crippen LogP contribution in [0.5, 0.6) is 0 Å². The third kappa shape index (κ3) is 3.08. The molecular formula is C14H17N3O. The molecule has 1 heterocycles. The summed E-state index contributed by atoms with van der Waals surface area (Å²) in [5.74, 6) is 0.699. The zero-order valence-corrected chi connectivity index (χ0v) is 10.8. The third-order valence-corrected chi connectivity index (χ3v) is 2.84. The van der Waals surface area contributed by atoms with Crippen LogP contribution in [-0.4, -0.2) is 23.5 Å². The molecule has 4 heteroatoms. The molecule has 0 unspecified atom stereocenters. The minimum absolute atomic E-state index is 0.616. The van der Waals surface area contributed by atoms with Gasteiger partial charge in [-0.15, -0.1) is 0 Å². The summed E-state index contributed by atoms with van der Waals surface area (Å²) in [7, 11) is 2.06. The smallest absolute Gasteiger partial charge is 0.192 e. The van der Waals surface area contributed by atoms with E-state index in [9.17, 15) is 0 Å². The molecule has 0 saturated heterocycles. The molecule has 0 amide bonds. The normalized spacial score (nSPS) is 11.0. The average molecular weight is 243 g/mol. The fourth-order valence-electron chi connectivity index (χ4n) is 2.00. The van der Waals surface area contributed by atoms with E-state index in [2.05, 4.69) is 29.1 Å². The fraction of sp³-hybridized carbons (Fsp3) is 0.429. The molecule has 0 fully saturated rings. The van der Waals surface area contributed by atoms with Gasteiger partial charge in [0.05, 0.1) is 6.07 Å². The van der Waals surface area contributed by atoms with Crippen LogP contribution in [0.4, 0.5) is 0 Å². The van der Waals surface area contributed by atoms with Crippen LogP contribution in [0.15, 0.2) is 22.6 Å². The number of hydrogen-bond acceptors (Lipinski definition) is 4. The van der Waals surface area contributed by atoms with Crippen LogP contribution in [0, 0.1) is 18.3 Å².